The maximum Gasteiger partial charge on any atom is 0.240 e. The van der Waals surface area contributed by atoms with E-state index in [1.165, 1.54) is 0 Å². The number of nitrogens with two attached hydrogens (primary N) is 1. The number of pyridine rings is 1. The minimum Gasteiger partial charge on any atom is -0.392 e. The maximum atomic E-state index is 13.2. The van der Waals surface area contributed by atoms with Crippen molar-refractivity contribution in [3.05, 3.63) is 24.5 Å². The molecule has 1 aromatic rings. The molecule has 1 rings (SSSR count). The van der Waals surface area contributed by atoms with Crippen LogP contribution in [0.2, 0.25) is 0 Å². The monoisotopic (exact) mass is 307 g/mol. The minimum atomic E-state index is -0.738. The highest BCUT2D eigenvalue weighted by molar-refractivity contribution is 7.80. The predicted octanol–water partition coefficient (Wildman–Crippen LogP) is 3.31. The Kier molecular flexibility index (Phi) is 6.75. The summed E-state index contributed by atoms with van der Waals surface area (Å²) in [6.45, 7) is 6.65. The van der Waals surface area contributed by atoms with Crippen molar-refractivity contribution in [2.45, 2.75) is 46.5 Å². The quantitative estimate of drug-likeness (QED) is 0.749. The second kappa shape index (κ2) is 8.08. The summed E-state index contributed by atoms with van der Waals surface area (Å²) < 4.78 is 0. The van der Waals surface area contributed by atoms with E-state index >= 15 is 0 Å². The highest BCUT2D eigenvalue weighted by Gasteiger charge is 2.42. The van der Waals surface area contributed by atoms with E-state index in [4.69, 9.17) is 18.0 Å². The number of anilines is 1. The van der Waals surface area contributed by atoms with Gasteiger partial charge in [-0.05, 0) is 31.9 Å². The number of rotatable bonds is 8. The van der Waals surface area contributed by atoms with Crippen LogP contribution in [0.4, 0.5) is 5.69 Å². The number of carbonyl (C=O) groups excluding carboxylic acids is 1. The predicted molar refractivity (Wildman–Crippen MR) is 91.3 cm³/mol. The summed E-state index contributed by atoms with van der Waals surface area (Å²) >= 11 is 5.27. The molecule has 0 fully saturated rings. The molecule has 0 aliphatic heterocycles. The van der Waals surface area contributed by atoms with E-state index in [0.717, 1.165) is 18.5 Å². The third-order valence-corrected chi connectivity index (χ3v) is 4.16. The third-order valence-electron chi connectivity index (χ3n) is 3.77. The summed E-state index contributed by atoms with van der Waals surface area (Å²) in [5, 5.41) is 0. The Bertz CT molecular complexity index is 470. The number of aromatic nitrogens is 1. The summed E-state index contributed by atoms with van der Waals surface area (Å²) in [6, 6.07) is 3.67. The van der Waals surface area contributed by atoms with Gasteiger partial charge in [0.05, 0.1) is 10.4 Å². The molecule has 0 spiro atoms. The standard InChI is InChI=1S/C16H25N3OS/c1-4-9-16(10-5-2,14(17)21)15(20)19(6-3)13-7-11-18-12-8-13/h7-8,11-12H,4-6,9-10H2,1-3H3,(H2,17,21). The summed E-state index contributed by atoms with van der Waals surface area (Å²) in [5.74, 6) is 0.00685. The van der Waals surface area contributed by atoms with Crippen molar-refractivity contribution in [1.29, 1.82) is 0 Å². The van der Waals surface area contributed by atoms with E-state index in [-0.39, 0.29) is 5.91 Å². The number of amides is 1. The van der Waals surface area contributed by atoms with Gasteiger partial charge in [0, 0.05) is 24.6 Å². The molecular weight excluding hydrogens is 282 g/mol. The van der Waals surface area contributed by atoms with Crippen LogP contribution in [0, 0.1) is 5.41 Å². The number of carbonyl (C=O) groups is 1. The van der Waals surface area contributed by atoms with Gasteiger partial charge in [-0.3, -0.25) is 9.78 Å². The van der Waals surface area contributed by atoms with Gasteiger partial charge >= 0.3 is 0 Å². The Hall–Kier alpha value is -1.49. The molecule has 0 aliphatic carbocycles. The van der Waals surface area contributed by atoms with E-state index in [1.54, 1.807) is 17.3 Å². The lowest BCUT2D eigenvalue weighted by Gasteiger charge is -2.36. The van der Waals surface area contributed by atoms with Crippen LogP contribution in [0.5, 0.6) is 0 Å². The van der Waals surface area contributed by atoms with Crippen LogP contribution in [0.25, 0.3) is 0 Å². The SMILES string of the molecule is CCCC(CCC)(C(=O)N(CC)c1ccncc1)C(N)=S. The number of hydrogen-bond donors (Lipinski definition) is 1. The number of nitrogens with zero attached hydrogens (tertiary/aromatic N) is 2. The van der Waals surface area contributed by atoms with E-state index in [1.807, 2.05) is 19.1 Å². The van der Waals surface area contributed by atoms with Crippen LogP contribution >= 0.6 is 12.2 Å². The zero-order valence-electron chi connectivity index (χ0n) is 13.1. The van der Waals surface area contributed by atoms with Gasteiger partial charge in [-0.25, -0.2) is 0 Å². The van der Waals surface area contributed by atoms with Crippen molar-refractivity contribution in [3.8, 4) is 0 Å². The van der Waals surface area contributed by atoms with E-state index in [9.17, 15) is 4.79 Å². The average Bonchev–Trinajstić information content (AvgIpc) is 2.48. The molecule has 0 saturated carbocycles. The first kappa shape index (κ1) is 17.6. The Morgan fingerprint density at radius 1 is 1.24 bits per heavy atom. The molecule has 0 aromatic carbocycles. The topological polar surface area (TPSA) is 59.2 Å². The van der Waals surface area contributed by atoms with E-state index in [0.29, 0.717) is 24.4 Å². The fraction of sp³-hybridized carbons (Fsp3) is 0.562. The van der Waals surface area contributed by atoms with Gasteiger partial charge in [0.2, 0.25) is 5.91 Å². The van der Waals surface area contributed by atoms with Crippen molar-refractivity contribution in [2.75, 3.05) is 11.4 Å². The first-order chi connectivity index (χ1) is 10.0. The number of thiocarbonyl (C=S) groups is 1. The molecule has 0 aliphatic rings. The van der Waals surface area contributed by atoms with Crippen LogP contribution in [0.1, 0.15) is 46.5 Å². The molecule has 0 radical (unpaired) electrons. The molecule has 1 aromatic heterocycles. The Morgan fingerprint density at radius 2 is 1.76 bits per heavy atom. The number of hydrogen-bond acceptors (Lipinski definition) is 3. The molecule has 2 N–H and O–H groups in total. The first-order valence-corrected chi connectivity index (χ1v) is 7.96. The van der Waals surface area contributed by atoms with Crippen LogP contribution < -0.4 is 10.6 Å². The van der Waals surface area contributed by atoms with Crippen molar-refractivity contribution in [3.63, 3.8) is 0 Å². The fourth-order valence-electron chi connectivity index (χ4n) is 2.77. The first-order valence-electron chi connectivity index (χ1n) is 7.55. The minimum absolute atomic E-state index is 0.00685. The largest absolute Gasteiger partial charge is 0.392 e. The highest BCUT2D eigenvalue weighted by Crippen LogP contribution is 2.34. The van der Waals surface area contributed by atoms with Crippen molar-refractivity contribution in [2.24, 2.45) is 11.1 Å². The molecule has 0 atom stereocenters. The van der Waals surface area contributed by atoms with Crippen molar-refractivity contribution >= 4 is 28.8 Å². The fourth-order valence-corrected chi connectivity index (χ4v) is 3.06. The maximum absolute atomic E-state index is 13.2. The van der Waals surface area contributed by atoms with E-state index < -0.39 is 5.41 Å². The second-order valence-corrected chi connectivity index (χ2v) is 5.64. The molecule has 0 bridgehead atoms. The Balaban J connectivity index is 3.22. The molecule has 0 saturated heterocycles. The lowest BCUT2D eigenvalue weighted by atomic mass is 9.77. The molecule has 5 heteroatoms. The zero-order valence-corrected chi connectivity index (χ0v) is 13.9. The van der Waals surface area contributed by atoms with Gasteiger partial charge in [0.25, 0.3) is 0 Å². The average molecular weight is 307 g/mol. The molecule has 4 nitrogen and oxygen atoms in total. The summed E-state index contributed by atoms with van der Waals surface area (Å²) in [5.41, 5.74) is 6.09. The Morgan fingerprint density at radius 3 is 2.14 bits per heavy atom. The van der Waals surface area contributed by atoms with Crippen molar-refractivity contribution in [1.82, 2.24) is 4.98 Å². The van der Waals surface area contributed by atoms with Crippen LogP contribution in [0.15, 0.2) is 24.5 Å². The molecule has 0 unspecified atom stereocenters. The molecule has 116 valence electrons. The molecule has 1 heterocycles. The molecule has 1 amide bonds. The zero-order chi connectivity index (χ0) is 15.9. The lowest BCUT2D eigenvalue weighted by Crippen LogP contribution is -2.51. The van der Waals surface area contributed by atoms with Crippen LogP contribution in [-0.4, -0.2) is 22.4 Å². The summed E-state index contributed by atoms with van der Waals surface area (Å²) in [7, 11) is 0. The van der Waals surface area contributed by atoms with Gasteiger partial charge in [-0.2, -0.15) is 0 Å². The third kappa shape index (κ3) is 3.79. The second-order valence-electron chi connectivity index (χ2n) is 5.20. The molecule has 21 heavy (non-hydrogen) atoms. The lowest BCUT2D eigenvalue weighted by molar-refractivity contribution is -0.125. The van der Waals surface area contributed by atoms with Gasteiger partial charge in [-0.15, -0.1) is 0 Å². The van der Waals surface area contributed by atoms with Crippen LogP contribution in [-0.2, 0) is 4.79 Å². The van der Waals surface area contributed by atoms with Gasteiger partial charge in [0.1, 0.15) is 0 Å². The Labute approximate surface area is 132 Å². The van der Waals surface area contributed by atoms with Gasteiger partial charge in [-0.1, -0.05) is 38.9 Å². The highest BCUT2D eigenvalue weighted by atomic mass is 32.1. The normalized spacial score (nSPS) is 11.2. The van der Waals surface area contributed by atoms with Crippen molar-refractivity contribution < 1.29 is 4.79 Å². The smallest absolute Gasteiger partial charge is 0.240 e. The molecular formula is C16H25N3OS. The van der Waals surface area contributed by atoms with Gasteiger partial charge in [0.15, 0.2) is 0 Å². The van der Waals surface area contributed by atoms with Crippen LogP contribution in [0.3, 0.4) is 0 Å². The van der Waals surface area contributed by atoms with E-state index in [2.05, 4.69) is 18.8 Å². The summed E-state index contributed by atoms with van der Waals surface area (Å²) in [4.78, 5) is 19.2. The van der Waals surface area contributed by atoms with Gasteiger partial charge < -0.3 is 10.6 Å². The summed E-state index contributed by atoms with van der Waals surface area (Å²) in [6.07, 6.45) is 6.50.